The number of methoxy groups -OCH3 is 7. The van der Waals surface area contributed by atoms with Gasteiger partial charge in [0, 0.05) is 50.0 Å². The van der Waals surface area contributed by atoms with Crippen molar-refractivity contribution in [2.45, 2.75) is 9.79 Å². The van der Waals surface area contributed by atoms with Crippen molar-refractivity contribution in [3.8, 4) is 46.0 Å². The van der Waals surface area contributed by atoms with Crippen LogP contribution in [-0.2, 0) is 29.5 Å². The number of ether oxygens (including phenoxy) is 8. The highest BCUT2D eigenvalue weighted by Crippen LogP contribution is 2.40. The Morgan fingerprint density at radius 2 is 1.06 bits per heavy atom. The molecule has 0 aromatic heterocycles. The second kappa shape index (κ2) is 22.9. The Kier molecular flexibility index (Phi) is 17.6. The largest absolute Gasteiger partial charge is 0.504 e. The van der Waals surface area contributed by atoms with Crippen LogP contribution in [0, 0.1) is 0 Å². The van der Waals surface area contributed by atoms with Gasteiger partial charge in [0.25, 0.3) is 20.0 Å². The van der Waals surface area contributed by atoms with Crippen LogP contribution in [0.25, 0.3) is 0 Å². The number of phenolic OH excluding ortho intramolecular Hbond substituents is 2. The molecule has 3 heterocycles. The van der Waals surface area contributed by atoms with Crippen molar-refractivity contribution >= 4 is 56.6 Å². The van der Waals surface area contributed by atoms with Gasteiger partial charge in [-0.1, -0.05) is 0 Å². The lowest BCUT2D eigenvalue weighted by Crippen LogP contribution is -2.41. The number of rotatable bonds is 16. The first-order chi connectivity index (χ1) is 31.7. The van der Waals surface area contributed by atoms with Gasteiger partial charge < -0.3 is 48.1 Å². The summed E-state index contributed by atoms with van der Waals surface area (Å²) in [6, 6.07) is 15.7. The standard InChI is InChI=1S/C23H28N4O7S.C20H23N3O7S.ClH/c1-31-17-13-18-22(21(14-17)33-3)35(29,30)25-23(18)27(7-6-26-8-10-34-11-9-26)24-15-16-4-5-19(28)20(12-16)32-2;1-27-8-7-23(21-12-13-5-6-16(24)17(9-13)29-3)20-15-10-14(28-2)11-18(30-4)19(15)31(25,26)22-20;/h4-5,12-15,28H,6-11H2,1-3H3;5-6,9-12,24H,7-8H2,1-4H3;1H. The molecule has 0 spiro atoms. The minimum atomic E-state index is -4.00. The van der Waals surface area contributed by atoms with E-state index in [9.17, 15) is 27.0 Å². The number of hydrogen-bond acceptors (Lipinski definition) is 19. The van der Waals surface area contributed by atoms with Crippen LogP contribution in [0.15, 0.2) is 89.5 Å². The maximum atomic E-state index is 13.0. The number of benzene rings is 4. The Labute approximate surface area is 394 Å². The molecule has 3 aliphatic heterocycles. The van der Waals surface area contributed by atoms with Crippen molar-refractivity contribution in [2.24, 2.45) is 19.0 Å². The molecule has 0 amide bonds. The first kappa shape index (κ1) is 51.6. The lowest BCUT2D eigenvalue weighted by molar-refractivity contribution is 0.0360. The lowest BCUT2D eigenvalue weighted by Gasteiger charge is -2.28. The van der Waals surface area contributed by atoms with Crippen LogP contribution < -0.4 is 28.4 Å². The molecule has 4 aromatic carbocycles. The molecular weight excluding hydrogens is 938 g/mol. The average molecular weight is 991 g/mol. The van der Waals surface area contributed by atoms with Crippen molar-refractivity contribution in [1.82, 2.24) is 14.9 Å². The van der Waals surface area contributed by atoms with Crippen molar-refractivity contribution in [3.05, 3.63) is 82.9 Å². The van der Waals surface area contributed by atoms with Gasteiger partial charge in [-0.05, 0) is 59.7 Å². The highest BCUT2D eigenvalue weighted by molar-refractivity contribution is 7.91. The molecule has 0 saturated carbocycles. The topological polar surface area (TPSA) is 242 Å². The van der Waals surface area contributed by atoms with E-state index >= 15 is 0 Å². The molecule has 0 aliphatic carbocycles. The Bertz CT molecular complexity index is 2750. The number of amidine groups is 2. The highest BCUT2D eigenvalue weighted by atomic mass is 35.5. The number of sulfonamides is 2. The minimum absolute atomic E-state index is 0. The monoisotopic (exact) mass is 989 g/mol. The summed E-state index contributed by atoms with van der Waals surface area (Å²) < 4.78 is 102. The van der Waals surface area contributed by atoms with E-state index in [0.717, 1.165) is 13.1 Å². The van der Waals surface area contributed by atoms with E-state index in [2.05, 4.69) is 23.9 Å². The minimum Gasteiger partial charge on any atom is -0.504 e. The molecule has 21 nitrogen and oxygen atoms in total. The fraction of sp³-hybridized carbons (Fsp3) is 0.349. The van der Waals surface area contributed by atoms with Crippen LogP contribution >= 0.6 is 12.4 Å². The Morgan fingerprint density at radius 1 is 0.627 bits per heavy atom. The second-order valence-electron chi connectivity index (χ2n) is 14.2. The summed E-state index contributed by atoms with van der Waals surface area (Å²) in [4.78, 5) is 2.15. The van der Waals surface area contributed by atoms with Crippen LogP contribution in [-0.4, -0.2) is 168 Å². The molecule has 67 heavy (non-hydrogen) atoms. The quantitative estimate of drug-likeness (QED) is 0.120. The molecule has 7 rings (SSSR count). The zero-order valence-corrected chi connectivity index (χ0v) is 40.2. The molecule has 0 bridgehead atoms. The predicted octanol–water partition coefficient (Wildman–Crippen LogP) is 3.81. The van der Waals surface area contributed by atoms with Gasteiger partial charge >= 0.3 is 0 Å². The average Bonchev–Trinajstić information content (AvgIpc) is 3.77. The molecule has 0 unspecified atom stereocenters. The van der Waals surface area contributed by atoms with Crippen molar-refractivity contribution in [3.63, 3.8) is 0 Å². The van der Waals surface area contributed by atoms with E-state index in [1.807, 2.05) is 0 Å². The number of morpholine rings is 1. The molecule has 0 radical (unpaired) electrons. The van der Waals surface area contributed by atoms with E-state index in [0.29, 0.717) is 65.8 Å². The summed E-state index contributed by atoms with van der Waals surface area (Å²) >= 11 is 0. The Balaban J connectivity index is 0.000000249. The number of fused-ring (bicyclic) bond motifs is 2. The summed E-state index contributed by atoms with van der Waals surface area (Å²) in [5.41, 5.74) is 1.94. The Morgan fingerprint density at radius 3 is 1.46 bits per heavy atom. The van der Waals surface area contributed by atoms with Gasteiger partial charge in [-0.25, -0.2) is 10.0 Å². The maximum Gasteiger partial charge on any atom is 0.288 e. The van der Waals surface area contributed by atoms with Gasteiger partial charge in [0.05, 0.1) is 88.0 Å². The number of aromatic hydroxyl groups is 2. The third kappa shape index (κ3) is 12.0. The molecule has 4 aromatic rings. The van der Waals surface area contributed by atoms with E-state index in [-0.39, 0.29) is 75.8 Å². The third-order valence-corrected chi connectivity index (χ3v) is 12.9. The SMILES string of the molecule is COCCN(N=Cc1ccc(O)c(OC)c1)C1=NS(=O)(=O)c2c(OC)cc(OC)cc21.COc1cc(OC)c2c(c1)C(N(CCN1CCOCC1)N=Cc1ccc(O)c(OC)c1)=NS2(=O)=O.Cl. The van der Waals surface area contributed by atoms with Gasteiger partial charge in [-0.15, -0.1) is 21.2 Å². The molecule has 24 heteroatoms. The number of hydrogen-bond donors (Lipinski definition) is 2. The van der Waals surface area contributed by atoms with Gasteiger partial charge in [-0.3, -0.25) is 4.90 Å². The number of phenols is 2. The van der Waals surface area contributed by atoms with Gasteiger partial charge in [0.15, 0.2) is 34.7 Å². The molecule has 3 aliphatic rings. The van der Waals surface area contributed by atoms with E-state index in [1.54, 1.807) is 47.6 Å². The van der Waals surface area contributed by atoms with Gasteiger partial charge in [-0.2, -0.15) is 27.0 Å². The highest BCUT2D eigenvalue weighted by Gasteiger charge is 2.38. The molecule has 1 saturated heterocycles. The molecule has 0 atom stereocenters. The van der Waals surface area contributed by atoms with E-state index in [4.69, 9.17) is 37.9 Å². The summed E-state index contributed by atoms with van der Waals surface area (Å²) in [7, 11) is 2.17. The maximum absolute atomic E-state index is 13.0. The second-order valence-corrected chi connectivity index (χ2v) is 17.3. The van der Waals surface area contributed by atoms with Crippen molar-refractivity contribution < 1.29 is 64.9 Å². The van der Waals surface area contributed by atoms with Crippen LogP contribution in [0.1, 0.15) is 22.3 Å². The number of nitrogens with zero attached hydrogens (tertiary/aromatic N) is 7. The first-order valence-electron chi connectivity index (χ1n) is 20.1. The Hall–Kier alpha value is -6.37. The summed E-state index contributed by atoms with van der Waals surface area (Å²) in [5, 5.41) is 31.6. The fourth-order valence-corrected chi connectivity index (χ4v) is 9.52. The van der Waals surface area contributed by atoms with Gasteiger partial charge in [0.1, 0.15) is 32.8 Å². The molecule has 362 valence electrons. The fourth-order valence-electron chi connectivity index (χ4n) is 6.84. The zero-order chi connectivity index (χ0) is 47.6. The zero-order valence-electron chi connectivity index (χ0n) is 37.7. The van der Waals surface area contributed by atoms with E-state index in [1.165, 1.54) is 85.3 Å². The smallest absolute Gasteiger partial charge is 0.288 e. The third-order valence-electron chi connectivity index (χ3n) is 10.2. The summed E-state index contributed by atoms with van der Waals surface area (Å²) in [6.45, 7) is 4.33. The van der Waals surface area contributed by atoms with Crippen LogP contribution in [0.2, 0.25) is 0 Å². The molecular formula is C43H52ClN7O14S2. The summed E-state index contributed by atoms with van der Waals surface area (Å²) in [6.07, 6.45) is 3.06. The number of hydrazone groups is 2. The van der Waals surface area contributed by atoms with Crippen molar-refractivity contribution in [2.75, 3.05) is 102 Å². The van der Waals surface area contributed by atoms with Gasteiger partial charge in [0.2, 0.25) is 0 Å². The number of halogens is 1. The predicted molar refractivity (Wildman–Crippen MR) is 251 cm³/mol. The molecule has 2 N–H and O–H groups in total. The van der Waals surface area contributed by atoms with E-state index < -0.39 is 20.0 Å². The lowest BCUT2D eigenvalue weighted by atomic mass is 10.1. The van der Waals surface area contributed by atoms with Crippen LogP contribution in [0.3, 0.4) is 0 Å². The molecule has 1 fully saturated rings. The van der Waals surface area contributed by atoms with Crippen LogP contribution in [0.5, 0.6) is 46.0 Å². The van der Waals surface area contributed by atoms with Crippen LogP contribution in [0.4, 0.5) is 0 Å². The summed E-state index contributed by atoms with van der Waals surface area (Å²) in [5.74, 6) is 2.01. The van der Waals surface area contributed by atoms with Crippen molar-refractivity contribution in [1.29, 1.82) is 0 Å². The normalized spacial score (nSPS) is 15.6. The first-order valence-corrected chi connectivity index (χ1v) is 23.0.